The van der Waals surface area contributed by atoms with Crippen molar-refractivity contribution in [3.63, 3.8) is 0 Å². The summed E-state index contributed by atoms with van der Waals surface area (Å²) in [5.74, 6) is 3.41. The van der Waals surface area contributed by atoms with Gasteiger partial charge in [-0.2, -0.15) is 0 Å². The van der Waals surface area contributed by atoms with Crippen molar-refractivity contribution < 1.29 is 5.11 Å². The summed E-state index contributed by atoms with van der Waals surface area (Å²) in [6.07, 6.45) is 6.21. The van der Waals surface area contributed by atoms with E-state index < -0.39 is 0 Å². The van der Waals surface area contributed by atoms with E-state index in [0.717, 1.165) is 18.3 Å². The summed E-state index contributed by atoms with van der Waals surface area (Å²) in [5.41, 5.74) is 4.63. The number of hydrogen-bond donors (Lipinski definition) is 1. The normalized spacial score (nSPS) is 39.0. The van der Waals surface area contributed by atoms with E-state index in [0.29, 0.717) is 24.4 Å². The minimum Gasteiger partial charge on any atom is -0.396 e. The predicted molar refractivity (Wildman–Crippen MR) is 81.5 cm³/mol. The lowest BCUT2D eigenvalue weighted by Crippen LogP contribution is -2.36. The molecule has 0 amide bonds. The first-order valence-electron chi connectivity index (χ1n) is 8.16. The first-order valence-corrected chi connectivity index (χ1v) is 8.16. The van der Waals surface area contributed by atoms with Gasteiger partial charge < -0.3 is 5.11 Å². The SMILES string of the molecule is C=C1CC(CO)[C@H]2CC[C@@H]3c4ccccc4CC[C@H]3[C@H]12. The van der Waals surface area contributed by atoms with Gasteiger partial charge in [0.2, 0.25) is 0 Å². The van der Waals surface area contributed by atoms with E-state index in [1.807, 2.05) is 0 Å². The Bertz CT molecular complexity index is 532. The molecule has 3 aliphatic carbocycles. The van der Waals surface area contributed by atoms with E-state index in [9.17, 15) is 5.11 Å². The van der Waals surface area contributed by atoms with E-state index in [-0.39, 0.29) is 0 Å². The number of benzene rings is 1. The van der Waals surface area contributed by atoms with E-state index in [1.54, 1.807) is 11.1 Å². The van der Waals surface area contributed by atoms with Crippen LogP contribution >= 0.6 is 0 Å². The minimum atomic E-state index is 0.355. The Morgan fingerprint density at radius 2 is 1.95 bits per heavy atom. The second-order valence-corrected chi connectivity index (χ2v) is 7.08. The molecule has 2 fully saturated rings. The van der Waals surface area contributed by atoms with Gasteiger partial charge in [-0.1, -0.05) is 36.4 Å². The van der Waals surface area contributed by atoms with Crippen molar-refractivity contribution in [1.29, 1.82) is 0 Å². The summed E-state index contributed by atoms with van der Waals surface area (Å²) in [7, 11) is 0. The first kappa shape index (κ1) is 12.6. The Balaban J connectivity index is 1.69. The van der Waals surface area contributed by atoms with Gasteiger partial charge in [0.05, 0.1) is 0 Å². The molecule has 0 heterocycles. The predicted octanol–water partition coefficient (Wildman–Crippen LogP) is 3.93. The van der Waals surface area contributed by atoms with E-state index in [1.165, 1.54) is 31.3 Å². The maximum absolute atomic E-state index is 9.64. The van der Waals surface area contributed by atoms with Crippen LogP contribution in [0, 0.1) is 23.7 Å². The molecule has 106 valence electrons. The van der Waals surface area contributed by atoms with Crippen molar-refractivity contribution in [2.75, 3.05) is 6.61 Å². The summed E-state index contributed by atoms with van der Waals surface area (Å²) in [6, 6.07) is 9.06. The monoisotopic (exact) mass is 268 g/mol. The Labute approximate surface area is 121 Å². The van der Waals surface area contributed by atoms with E-state index in [2.05, 4.69) is 30.8 Å². The number of allylic oxidation sites excluding steroid dienone is 1. The highest BCUT2D eigenvalue weighted by molar-refractivity contribution is 5.35. The quantitative estimate of drug-likeness (QED) is 0.765. The molecule has 1 N–H and O–H groups in total. The highest BCUT2D eigenvalue weighted by Gasteiger charge is 2.48. The van der Waals surface area contributed by atoms with Crippen LogP contribution in [0.5, 0.6) is 0 Å². The summed E-state index contributed by atoms with van der Waals surface area (Å²) >= 11 is 0. The summed E-state index contributed by atoms with van der Waals surface area (Å²) < 4.78 is 0. The molecule has 0 radical (unpaired) electrons. The molecule has 1 aromatic carbocycles. The van der Waals surface area contributed by atoms with Gasteiger partial charge in [0, 0.05) is 6.61 Å². The molecule has 0 bridgehead atoms. The summed E-state index contributed by atoms with van der Waals surface area (Å²) in [6.45, 7) is 4.73. The molecule has 1 heteroatoms. The largest absolute Gasteiger partial charge is 0.396 e. The molecular weight excluding hydrogens is 244 g/mol. The van der Waals surface area contributed by atoms with E-state index in [4.69, 9.17) is 0 Å². The lowest BCUT2D eigenvalue weighted by atomic mass is 9.59. The van der Waals surface area contributed by atoms with Crippen LogP contribution in [0.1, 0.15) is 42.7 Å². The number of hydrogen-bond acceptors (Lipinski definition) is 1. The van der Waals surface area contributed by atoms with Gasteiger partial charge in [-0.3, -0.25) is 0 Å². The first-order chi connectivity index (χ1) is 9.79. The van der Waals surface area contributed by atoms with Crippen LogP contribution in [0.15, 0.2) is 36.4 Å². The lowest BCUT2D eigenvalue weighted by molar-refractivity contribution is 0.101. The number of aryl methyl sites for hydroxylation is 1. The van der Waals surface area contributed by atoms with Crippen molar-refractivity contribution in [1.82, 2.24) is 0 Å². The Hall–Kier alpha value is -1.08. The van der Waals surface area contributed by atoms with Crippen LogP contribution in [-0.4, -0.2) is 11.7 Å². The number of aliphatic hydroxyl groups is 1. The molecule has 0 aliphatic heterocycles. The van der Waals surface area contributed by atoms with Crippen LogP contribution < -0.4 is 0 Å². The smallest absolute Gasteiger partial charge is 0.0465 e. The molecule has 3 aliphatic rings. The number of fused-ring (bicyclic) bond motifs is 5. The van der Waals surface area contributed by atoms with Crippen LogP contribution in [0.25, 0.3) is 0 Å². The van der Waals surface area contributed by atoms with Gasteiger partial charge in [-0.15, -0.1) is 0 Å². The van der Waals surface area contributed by atoms with Crippen LogP contribution in [0.4, 0.5) is 0 Å². The van der Waals surface area contributed by atoms with Gasteiger partial charge >= 0.3 is 0 Å². The fraction of sp³-hybridized carbons (Fsp3) is 0.579. The minimum absolute atomic E-state index is 0.355. The second kappa shape index (κ2) is 4.73. The molecule has 1 unspecified atom stereocenters. The molecule has 0 spiro atoms. The van der Waals surface area contributed by atoms with Crippen molar-refractivity contribution in [2.24, 2.45) is 23.7 Å². The van der Waals surface area contributed by atoms with Crippen molar-refractivity contribution >= 4 is 0 Å². The zero-order valence-electron chi connectivity index (χ0n) is 12.1. The molecule has 5 atom stereocenters. The molecule has 4 rings (SSSR count). The molecule has 0 saturated heterocycles. The van der Waals surface area contributed by atoms with Gasteiger partial charge in [-0.25, -0.2) is 0 Å². The lowest BCUT2D eigenvalue weighted by Gasteiger charge is -2.45. The molecule has 0 aromatic heterocycles. The average molecular weight is 268 g/mol. The highest BCUT2D eigenvalue weighted by Crippen LogP contribution is 2.58. The third-order valence-corrected chi connectivity index (χ3v) is 6.29. The third-order valence-electron chi connectivity index (χ3n) is 6.29. The number of aliphatic hydroxyl groups excluding tert-OH is 1. The zero-order valence-corrected chi connectivity index (χ0v) is 12.1. The second-order valence-electron chi connectivity index (χ2n) is 7.08. The molecule has 20 heavy (non-hydrogen) atoms. The zero-order chi connectivity index (χ0) is 13.7. The Kier molecular flexibility index (Phi) is 2.99. The summed E-state index contributed by atoms with van der Waals surface area (Å²) in [5, 5.41) is 9.64. The fourth-order valence-corrected chi connectivity index (χ4v) is 5.50. The van der Waals surface area contributed by atoms with Crippen LogP contribution in [-0.2, 0) is 6.42 Å². The van der Waals surface area contributed by atoms with Crippen LogP contribution in [0.2, 0.25) is 0 Å². The maximum Gasteiger partial charge on any atom is 0.0465 e. The van der Waals surface area contributed by atoms with Crippen molar-refractivity contribution in [3.8, 4) is 0 Å². The molecule has 1 nitrogen and oxygen atoms in total. The van der Waals surface area contributed by atoms with Gasteiger partial charge in [0.15, 0.2) is 0 Å². The van der Waals surface area contributed by atoms with Gasteiger partial charge in [0.25, 0.3) is 0 Å². The molecule has 1 aromatic rings. The Morgan fingerprint density at radius 1 is 1.10 bits per heavy atom. The highest BCUT2D eigenvalue weighted by atomic mass is 16.3. The fourth-order valence-electron chi connectivity index (χ4n) is 5.50. The summed E-state index contributed by atoms with van der Waals surface area (Å²) in [4.78, 5) is 0. The molecule has 2 saturated carbocycles. The van der Waals surface area contributed by atoms with Crippen molar-refractivity contribution in [3.05, 3.63) is 47.5 Å². The third kappa shape index (κ3) is 1.72. The topological polar surface area (TPSA) is 20.2 Å². The van der Waals surface area contributed by atoms with Crippen LogP contribution in [0.3, 0.4) is 0 Å². The van der Waals surface area contributed by atoms with Crippen molar-refractivity contribution in [2.45, 2.75) is 38.0 Å². The Morgan fingerprint density at radius 3 is 2.80 bits per heavy atom. The van der Waals surface area contributed by atoms with Gasteiger partial charge in [0.1, 0.15) is 0 Å². The number of rotatable bonds is 1. The molecular formula is C19H24O. The maximum atomic E-state index is 9.64. The van der Waals surface area contributed by atoms with E-state index >= 15 is 0 Å². The standard InChI is InChI=1S/C19H24O/c1-12-10-14(11-20)16-8-9-17-15-5-3-2-4-13(15)6-7-18(17)19(12)16/h2-5,14,16-20H,1,6-11H2/t14?,16-,17-,18-,19-/m1/s1. The average Bonchev–Trinajstić information content (AvgIpc) is 2.83. The van der Waals surface area contributed by atoms with Gasteiger partial charge in [-0.05, 0) is 72.8 Å².